The van der Waals surface area contributed by atoms with Gasteiger partial charge in [-0.05, 0) is 51.2 Å². The van der Waals surface area contributed by atoms with Gasteiger partial charge in [0.1, 0.15) is 11.7 Å². The number of fused-ring (bicyclic) bond motifs is 4. The van der Waals surface area contributed by atoms with Crippen LogP contribution in [-0.2, 0) is 4.79 Å². The SMILES string of the molecule is CCN(CC)C(=O)[C@H]1[C@H]2NC(=S)N[C@@]1(C)Oc1ccc(Br)cc12. The smallest absolute Gasteiger partial charge is 0.234 e. The number of carbonyl (C=O) groups excluding carboxylic acids is 1. The molecule has 1 fully saturated rings. The van der Waals surface area contributed by atoms with E-state index in [2.05, 4.69) is 26.6 Å². The Morgan fingerprint density at radius 2 is 2.13 bits per heavy atom. The average molecular weight is 398 g/mol. The van der Waals surface area contributed by atoms with Crippen LogP contribution in [-0.4, -0.2) is 34.7 Å². The molecule has 3 rings (SSSR count). The molecule has 124 valence electrons. The minimum absolute atomic E-state index is 0.0654. The third-order valence-corrected chi connectivity index (χ3v) is 5.26. The zero-order chi connectivity index (χ0) is 16.8. The molecule has 2 aliphatic heterocycles. The monoisotopic (exact) mass is 397 g/mol. The number of rotatable bonds is 3. The first kappa shape index (κ1) is 16.5. The van der Waals surface area contributed by atoms with E-state index < -0.39 is 11.6 Å². The minimum Gasteiger partial charge on any atom is -0.467 e. The molecular weight excluding hydrogens is 378 g/mol. The van der Waals surface area contributed by atoms with Gasteiger partial charge < -0.3 is 20.3 Å². The Kier molecular flexibility index (Phi) is 4.27. The number of hydrogen-bond donors (Lipinski definition) is 2. The minimum atomic E-state index is -0.854. The van der Waals surface area contributed by atoms with Gasteiger partial charge in [0.15, 0.2) is 10.8 Å². The molecule has 0 radical (unpaired) electrons. The predicted molar refractivity (Wildman–Crippen MR) is 96.2 cm³/mol. The lowest BCUT2D eigenvalue weighted by molar-refractivity contribution is -0.148. The highest BCUT2D eigenvalue weighted by atomic mass is 79.9. The van der Waals surface area contributed by atoms with Crippen molar-refractivity contribution in [3.63, 3.8) is 0 Å². The first-order valence-corrected chi connectivity index (χ1v) is 8.95. The summed E-state index contributed by atoms with van der Waals surface area (Å²) in [5, 5.41) is 6.92. The molecule has 1 aromatic carbocycles. The highest BCUT2D eigenvalue weighted by Gasteiger charge is 2.55. The van der Waals surface area contributed by atoms with Gasteiger partial charge >= 0.3 is 0 Å². The van der Waals surface area contributed by atoms with Crippen molar-refractivity contribution >= 4 is 39.2 Å². The van der Waals surface area contributed by atoms with Gasteiger partial charge in [-0.2, -0.15) is 0 Å². The molecule has 1 aromatic rings. The van der Waals surface area contributed by atoms with E-state index in [0.717, 1.165) is 15.8 Å². The molecule has 3 atom stereocenters. The maximum atomic E-state index is 13.1. The Labute approximate surface area is 149 Å². The Morgan fingerprint density at radius 3 is 2.78 bits per heavy atom. The van der Waals surface area contributed by atoms with Crippen LogP contribution in [0.1, 0.15) is 32.4 Å². The van der Waals surface area contributed by atoms with E-state index in [9.17, 15) is 4.79 Å². The number of amides is 1. The standard InChI is InChI=1S/C16H20BrN3O2S/c1-4-20(5-2)14(21)12-13-10-8-9(17)6-7-11(10)22-16(12,3)19-15(23)18-13/h6-8,12-13H,4-5H2,1-3H3,(H2,18,19,23)/t12-,13+,16+/m1/s1. The van der Waals surface area contributed by atoms with Crippen LogP contribution in [0.4, 0.5) is 0 Å². The summed E-state index contributed by atoms with van der Waals surface area (Å²) in [6.45, 7) is 7.21. The van der Waals surface area contributed by atoms with E-state index in [4.69, 9.17) is 17.0 Å². The summed E-state index contributed by atoms with van der Waals surface area (Å²) >= 11 is 8.81. The summed E-state index contributed by atoms with van der Waals surface area (Å²) in [4.78, 5) is 14.9. The summed E-state index contributed by atoms with van der Waals surface area (Å²) in [7, 11) is 0. The maximum Gasteiger partial charge on any atom is 0.234 e. The first-order chi connectivity index (χ1) is 10.9. The molecular formula is C16H20BrN3O2S. The molecule has 1 saturated heterocycles. The van der Waals surface area contributed by atoms with Gasteiger partial charge in [0.2, 0.25) is 5.91 Å². The summed E-state index contributed by atoms with van der Waals surface area (Å²) in [6.07, 6.45) is 0. The van der Waals surface area contributed by atoms with E-state index in [0.29, 0.717) is 18.2 Å². The molecule has 7 heteroatoms. The van der Waals surface area contributed by atoms with Gasteiger partial charge in [0.25, 0.3) is 0 Å². The Morgan fingerprint density at radius 1 is 1.43 bits per heavy atom. The quantitative estimate of drug-likeness (QED) is 0.767. The van der Waals surface area contributed by atoms with Crippen LogP contribution in [0.25, 0.3) is 0 Å². The second kappa shape index (κ2) is 5.94. The highest BCUT2D eigenvalue weighted by Crippen LogP contribution is 2.46. The number of hydrogen-bond acceptors (Lipinski definition) is 3. The van der Waals surface area contributed by atoms with Gasteiger partial charge in [-0.3, -0.25) is 4.79 Å². The van der Waals surface area contributed by atoms with Crippen molar-refractivity contribution in [2.75, 3.05) is 13.1 Å². The van der Waals surface area contributed by atoms with Crippen molar-refractivity contribution < 1.29 is 9.53 Å². The Hall–Kier alpha value is -1.34. The van der Waals surface area contributed by atoms with Crippen LogP contribution in [0, 0.1) is 5.92 Å². The molecule has 0 unspecified atom stereocenters. The molecule has 23 heavy (non-hydrogen) atoms. The lowest BCUT2D eigenvalue weighted by Crippen LogP contribution is -2.71. The van der Waals surface area contributed by atoms with Crippen LogP contribution in [0.5, 0.6) is 5.75 Å². The maximum absolute atomic E-state index is 13.1. The first-order valence-electron chi connectivity index (χ1n) is 7.75. The number of benzene rings is 1. The summed E-state index contributed by atoms with van der Waals surface area (Å²) in [5.74, 6) is 0.443. The third kappa shape index (κ3) is 2.70. The highest BCUT2D eigenvalue weighted by molar-refractivity contribution is 9.10. The molecule has 0 aliphatic carbocycles. The lowest BCUT2D eigenvalue weighted by Gasteiger charge is -2.51. The fourth-order valence-electron chi connectivity index (χ4n) is 3.42. The number of carbonyl (C=O) groups is 1. The number of ether oxygens (including phenoxy) is 1. The summed E-state index contributed by atoms with van der Waals surface area (Å²) in [6, 6.07) is 5.63. The van der Waals surface area contributed by atoms with Crippen molar-refractivity contribution in [3.05, 3.63) is 28.2 Å². The second-order valence-corrected chi connectivity index (χ2v) is 7.28. The average Bonchev–Trinajstić information content (AvgIpc) is 2.48. The van der Waals surface area contributed by atoms with E-state index in [1.54, 1.807) is 0 Å². The van der Waals surface area contributed by atoms with Crippen molar-refractivity contribution in [3.8, 4) is 5.75 Å². The topological polar surface area (TPSA) is 53.6 Å². The van der Waals surface area contributed by atoms with Gasteiger partial charge in [-0.1, -0.05) is 15.9 Å². The summed E-state index contributed by atoms with van der Waals surface area (Å²) in [5.41, 5.74) is 0.0965. The molecule has 1 amide bonds. The van der Waals surface area contributed by atoms with E-state index >= 15 is 0 Å². The number of nitrogens with one attached hydrogen (secondary N) is 2. The number of nitrogens with zero attached hydrogens (tertiary/aromatic N) is 1. The van der Waals surface area contributed by atoms with Crippen molar-refractivity contribution in [1.29, 1.82) is 0 Å². The molecule has 2 aliphatic rings. The Bertz CT molecular complexity index is 665. The van der Waals surface area contributed by atoms with Crippen LogP contribution in [0.2, 0.25) is 0 Å². The van der Waals surface area contributed by atoms with Gasteiger partial charge in [-0.15, -0.1) is 0 Å². The van der Waals surface area contributed by atoms with Gasteiger partial charge in [0.05, 0.1) is 6.04 Å². The molecule has 0 spiro atoms. The van der Waals surface area contributed by atoms with Crippen LogP contribution < -0.4 is 15.4 Å². The molecule has 5 nitrogen and oxygen atoms in total. The van der Waals surface area contributed by atoms with Gasteiger partial charge in [0, 0.05) is 23.1 Å². The second-order valence-electron chi connectivity index (χ2n) is 5.96. The van der Waals surface area contributed by atoms with E-state index in [1.807, 2.05) is 43.9 Å². The predicted octanol–water partition coefficient (Wildman–Crippen LogP) is 2.56. The fourth-order valence-corrected chi connectivity index (χ4v) is 4.13. The van der Waals surface area contributed by atoms with Crippen LogP contribution in [0.3, 0.4) is 0 Å². The Balaban J connectivity index is 2.09. The van der Waals surface area contributed by atoms with Crippen molar-refractivity contribution in [1.82, 2.24) is 15.5 Å². The lowest BCUT2D eigenvalue weighted by atomic mass is 9.79. The van der Waals surface area contributed by atoms with E-state index in [1.165, 1.54) is 0 Å². The third-order valence-electron chi connectivity index (χ3n) is 4.55. The fraction of sp³-hybridized carbons (Fsp3) is 0.500. The van der Waals surface area contributed by atoms with E-state index in [-0.39, 0.29) is 11.9 Å². The van der Waals surface area contributed by atoms with Gasteiger partial charge in [-0.25, -0.2) is 0 Å². The summed E-state index contributed by atoms with van der Waals surface area (Å²) < 4.78 is 7.13. The molecule has 2 N–H and O–H groups in total. The normalized spacial score (nSPS) is 28.1. The largest absolute Gasteiger partial charge is 0.467 e. The molecule has 0 aromatic heterocycles. The van der Waals surface area contributed by atoms with Crippen LogP contribution in [0.15, 0.2) is 22.7 Å². The van der Waals surface area contributed by atoms with Crippen molar-refractivity contribution in [2.24, 2.45) is 5.92 Å². The zero-order valence-electron chi connectivity index (χ0n) is 13.4. The molecule has 2 bridgehead atoms. The number of halogens is 1. The van der Waals surface area contributed by atoms with Crippen molar-refractivity contribution in [2.45, 2.75) is 32.5 Å². The molecule has 0 saturated carbocycles. The van der Waals surface area contributed by atoms with Crippen LogP contribution >= 0.6 is 28.1 Å². The number of thiocarbonyl (C=S) groups is 1. The zero-order valence-corrected chi connectivity index (χ0v) is 15.8. The molecule has 2 heterocycles.